The molecule has 2 amide bonds. The number of benzene rings is 1. The molecular weight excluding hydrogens is 491 g/mol. The number of aryl methyl sites for hydroxylation is 3. The number of halogens is 4. The number of carbonyl (C=O) groups is 2. The van der Waals surface area contributed by atoms with Crippen LogP contribution in [0, 0.1) is 13.8 Å². The molecule has 176 valence electrons. The van der Waals surface area contributed by atoms with E-state index in [1.54, 1.807) is 31.2 Å². The molecule has 0 spiro atoms. The van der Waals surface area contributed by atoms with Gasteiger partial charge in [-0.15, -0.1) is 11.3 Å². The summed E-state index contributed by atoms with van der Waals surface area (Å²) < 4.78 is 42.1. The lowest BCUT2D eigenvalue weighted by Crippen LogP contribution is -2.19. The molecule has 0 aliphatic carbocycles. The molecule has 0 aliphatic heterocycles. The van der Waals surface area contributed by atoms with Gasteiger partial charge in [-0.2, -0.15) is 18.3 Å². The summed E-state index contributed by atoms with van der Waals surface area (Å²) in [7, 11) is 1.52. The Balaban J connectivity index is 2.00. The molecular formula is C22H17ClF3N5O2S. The molecule has 0 saturated heterocycles. The smallest absolute Gasteiger partial charge is 0.365 e. The quantitative estimate of drug-likeness (QED) is 0.389. The Labute approximate surface area is 200 Å². The summed E-state index contributed by atoms with van der Waals surface area (Å²) in [6.45, 7) is 3.46. The zero-order chi connectivity index (χ0) is 24.9. The van der Waals surface area contributed by atoms with Gasteiger partial charge in [-0.05, 0) is 31.0 Å². The van der Waals surface area contributed by atoms with Crippen LogP contribution >= 0.6 is 22.9 Å². The van der Waals surface area contributed by atoms with Crippen LogP contribution < -0.4 is 11.1 Å². The number of alkyl halides is 3. The average Bonchev–Trinajstić information content (AvgIpc) is 3.23. The number of anilines is 1. The molecule has 0 radical (unpaired) electrons. The minimum absolute atomic E-state index is 0.0192. The molecule has 12 heteroatoms. The van der Waals surface area contributed by atoms with Crippen LogP contribution in [0.15, 0.2) is 30.3 Å². The van der Waals surface area contributed by atoms with Crippen molar-refractivity contribution in [3.63, 3.8) is 0 Å². The van der Waals surface area contributed by atoms with Crippen LogP contribution in [0.3, 0.4) is 0 Å². The van der Waals surface area contributed by atoms with Crippen LogP contribution in [0.5, 0.6) is 0 Å². The van der Waals surface area contributed by atoms with E-state index in [-0.39, 0.29) is 37.1 Å². The molecule has 3 aromatic heterocycles. The van der Waals surface area contributed by atoms with E-state index >= 15 is 0 Å². The van der Waals surface area contributed by atoms with Crippen molar-refractivity contribution in [2.75, 3.05) is 5.32 Å². The maximum atomic E-state index is 13.6. The predicted molar refractivity (Wildman–Crippen MR) is 124 cm³/mol. The first kappa shape index (κ1) is 23.7. The van der Waals surface area contributed by atoms with Crippen molar-refractivity contribution >= 4 is 50.7 Å². The Kier molecular flexibility index (Phi) is 5.86. The molecule has 0 aliphatic rings. The van der Waals surface area contributed by atoms with Crippen molar-refractivity contribution in [3.8, 4) is 11.1 Å². The molecule has 4 aromatic rings. The Morgan fingerprint density at radius 1 is 1.18 bits per heavy atom. The average molecular weight is 508 g/mol. The van der Waals surface area contributed by atoms with Crippen LogP contribution in [0.25, 0.3) is 21.3 Å². The highest BCUT2D eigenvalue weighted by Crippen LogP contribution is 2.44. The van der Waals surface area contributed by atoms with Gasteiger partial charge in [0.05, 0.1) is 16.4 Å². The summed E-state index contributed by atoms with van der Waals surface area (Å²) in [5.41, 5.74) is 6.28. The number of hydrogen-bond donors (Lipinski definition) is 2. The van der Waals surface area contributed by atoms with E-state index in [1.165, 1.54) is 11.7 Å². The number of nitrogens with zero attached hydrogens (tertiary/aromatic N) is 3. The molecule has 7 nitrogen and oxygen atoms in total. The van der Waals surface area contributed by atoms with Crippen molar-refractivity contribution < 1.29 is 22.8 Å². The van der Waals surface area contributed by atoms with Gasteiger partial charge < -0.3 is 11.1 Å². The largest absolute Gasteiger partial charge is 0.433 e. The molecule has 0 unspecified atom stereocenters. The van der Waals surface area contributed by atoms with Crippen LogP contribution in [0.4, 0.5) is 18.9 Å². The van der Waals surface area contributed by atoms with Crippen molar-refractivity contribution in [1.82, 2.24) is 14.8 Å². The lowest BCUT2D eigenvalue weighted by atomic mass is 10.00. The second kappa shape index (κ2) is 8.41. The van der Waals surface area contributed by atoms with Crippen LogP contribution in [0.2, 0.25) is 5.02 Å². The first-order chi connectivity index (χ1) is 15.9. The third-order valence-corrected chi connectivity index (χ3v) is 6.69. The van der Waals surface area contributed by atoms with Gasteiger partial charge in [-0.1, -0.05) is 41.4 Å². The molecule has 4 rings (SSSR count). The van der Waals surface area contributed by atoms with Crippen molar-refractivity contribution in [2.45, 2.75) is 20.0 Å². The van der Waals surface area contributed by atoms with Gasteiger partial charge in [0.15, 0.2) is 0 Å². The third-order valence-electron chi connectivity index (χ3n) is 5.14. The van der Waals surface area contributed by atoms with Gasteiger partial charge in [0, 0.05) is 12.4 Å². The van der Waals surface area contributed by atoms with E-state index in [2.05, 4.69) is 15.4 Å². The fourth-order valence-corrected chi connectivity index (χ4v) is 4.80. The normalized spacial score (nSPS) is 11.7. The molecule has 3 N–H and O–H groups in total. The van der Waals surface area contributed by atoms with E-state index in [0.717, 1.165) is 11.6 Å². The van der Waals surface area contributed by atoms with Crippen LogP contribution in [-0.4, -0.2) is 26.6 Å². The second-order valence-corrected chi connectivity index (χ2v) is 8.97. The maximum absolute atomic E-state index is 13.6. The lowest BCUT2D eigenvalue weighted by molar-refractivity contribution is -0.140. The predicted octanol–water partition coefficient (Wildman–Crippen LogP) is 5.34. The van der Waals surface area contributed by atoms with Crippen molar-refractivity contribution in [1.29, 1.82) is 0 Å². The number of thiophene rings is 1. The number of carbonyl (C=O) groups excluding carboxylic acids is 2. The first-order valence-electron chi connectivity index (χ1n) is 9.80. The number of fused-ring (bicyclic) bond motifs is 1. The maximum Gasteiger partial charge on any atom is 0.433 e. The molecule has 34 heavy (non-hydrogen) atoms. The first-order valence-corrected chi connectivity index (χ1v) is 11.0. The summed E-state index contributed by atoms with van der Waals surface area (Å²) in [5.74, 6) is -1.63. The highest BCUT2D eigenvalue weighted by atomic mass is 35.5. The summed E-state index contributed by atoms with van der Waals surface area (Å²) in [4.78, 5) is 28.8. The summed E-state index contributed by atoms with van der Waals surface area (Å²) in [6.07, 6.45) is -4.73. The number of amides is 2. The number of hydrogen-bond acceptors (Lipinski definition) is 5. The number of aromatic nitrogens is 3. The van der Waals surface area contributed by atoms with Crippen LogP contribution in [0.1, 0.15) is 37.1 Å². The van der Waals surface area contributed by atoms with Gasteiger partial charge in [-0.25, -0.2) is 4.98 Å². The molecule has 3 heterocycles. The van der Waals surface area contributed by atoms with Gasteiger partial charge >= 0.3 is 6.18 Å². The highest BCUT2D eigenvalue weighted by Gasteiger charge is 2.35. The van der Waals surface area contributed by atoms with Gasteiger partial charge in [0.2, 0.25) is 0 Å². The number of primary amides is 1. The van der Waals surface area contributed by atoms with Gasteiger partial charge in [0.1, 0.15) is 21.1 Å². The van der Waals surface area contributed by atoms with E-state index in [1.807, 2.05) is 6.92 Å². The minimum atomic E-state index is -4.73. The third kappa shape index (κ3) is 4.12. The SMILES string of the molecule is Cc1ccc(-c2cc(C(F)(F)F)nc3sc(C(N)=O)c(NC(=O)c4c(Cl)c(C)nn4C)c23)cc1. The minimum Gasteiger partial charge on any atom is -0.365 e. The Morgan fingerprint density at radius 3 is 2.35 bits per heavy atom. The number of nitrogens with two attached hydrogens (primary N) is 1. The number of rotatable bonds is 4. The zero-order valence-electron chi connectivity index (χ0n) is 18.0. The zero-order valence-corrected chi connectivity index (χ0v) is 19.6. The van der Waals surface area contributed by atoms with Crippen LogP contribution in [-0.2, 0) is 13.2 Å². The van der Waals surface area contributed by atoms with E-state index < -0.39 is 23.7 Å². The molecule has 0 atom stereocenters. The standard InChI is InChI=1S/C22H17ClF3N5O2S/c1-9-4-6-11(7-5-9)12-8-13(22(24,25)26)28-21-14(12)16(18(34-21)19(27)32)29-20(33)17-15(23)10(2)30-31(17)3/h4-8H,1-3H3,(H2,27,32)(H,29,33). The molecule has 0 saturated carbocycles. The summed E-state index contributed by atoms with van der Waals surface area (Å²) in [5, 5.41) is 6.97. The van der Waals surface area contributed by atoms with E-state index in [4.69, 9.17) is 17.3 Å². The van der Waals surface area contributed by atoms with Gasteiger partial charge in [-0.3, -0.25) is 14.3 Å². The number of nitrogens with one attached hydrogen (secondary N) is 1. The van der Waals surface area contributed by atoms with Gasteiger partial charge in [0.25, 0.3) is 11.8 Å². The fraction of sp³-hybridized carbons (Fsp3) is 0.182. The Bertz CT molecular complexity index is 1460. The number of pyridine rings is 1. The topological polar surface area (TPSA) is 103 Å². The second-order valence-electron chi connectivity index (χ2n) is 7.60. The van der Waals surface area contributed by atoms with E-state index in [9.17, 15) is 22.8 Å². The highest BCUT2D eigenvalue weighted by molar-refractivity contribution is 7.21. The molecule has 0 fully saturated rings. The lowest BCUT2D eigenvalue weighted by Gasteiger charge is -2.13. The Morgan fingerprint density at radius 2 is 1.82 bits per heavy atom. The summed E-state index contributed by atoms with van der Waals surface area (Å²) >= 11 is 6.88. The Hall–Kier alpha value is -3.44. The fourth-order valence-electron chi connectivity index (χ4n) is 3.55. The molecule has 1 aromatic carbocycles. The monoisotopic (exact) mass is 507 g/mol. The van der Waals surface area contributed by atoms with Crippen molar-refractivity contribution in [2.24, 2.45) is 12.8 Å². The molecule has 0 bridgehead atoms. The van der Waals surface area contributed by atoms with Crippen molar-refractivity contribution in [3.05, 3.63) is 62.9 Å². The summed E-state index contributed by atoms with van der Waals surface area (Å²) in [6, 6.07) is 7.68. The van der Waals surface area contributed by atoms with E-state index in [0.29, 0.717) is 22.6 Å².